The van der Waals surface area contributed by atoms with Gasteiger partial charge in [-0.3, -0.25) is 0 Å². The molecular weight excluding hydrogens is 242 g/mol. The Hall–Kier alpha value is -0.850. The summed E-state index contributed by atoms with van der Waals surface area (Å²) in [4.78, 5) is -0.378. The van der Waals surface area contributed by atoms with Gasteiger partial charge in [-0.25, -0.2) is 0 Å². The van der Waals surface area contributed by atoms with Gasteiger partial charge in [-0.2, -0.15) is 26.3 Å². The molecule has 0 N–H and O–H groups in total. The van der Waals surface area contributed by atoms with Crippen LogP contribution in [0.2, 0.25) is 0 Å². The second kappa shape index (κ2) is 3.62. The largest absolute Gasteiger partial charge is 0.416 e. The fourth-order valence-corrected chi connectivity index (χ4v) is 1.22. The van der Waals surface area contributed by atoms with Crippen LogP contribution in [-0.4, -0.2) is 0 Å². The molecule has 0 aliphatic carbocycles. The molecule has 0 aliphatic heterocycles. The van der Waals surface area contributed by atoms with E-state index in [1.165, 1.54) is 0 Å². The molecule has 0 amide bonds. The fraction of sp³-hybridized carbons (Fsp3) is 0.250. The van der Waals surface area contributed by atoms with Gasteiger partial charge in [-0.05, 0) is 18.2 Å². The van der Waals surface area contributed by atoms with E-state index in [2.05, 4.69) is 12.6 Å². The van der Waals surface area contributed by atoms with E-state index in [1.54, 1.807) is 0 Å². The van der Waals surface area contributed by atoms with E-state index in [1.807, 2.05) is 0 Å². The first-order chi connectivity index (χ1) is 6.60. The van der Waals surface area contributed by atoms with Crippen LogP contribution in [0.15, 0.2) is 23.1 Å². The average molecular weight is 246 g/mol. The normalized spacial score (nSPS) is 13.0. The molecule has 1 aromatic rings. The van der Waals surface area contributed by atoms with E-state index >= 15 is 0 Å². The number of rotatable bonds is 0. The van der Waals surface area contributed by atoms with Crippen LogP contribution in [0.25, 0.3) is 0 Å². The monoisotopic (exact) mass is 246 g/mol. The maximum atomic E-state index is 12.1. The molecule has 0 spiro atoms. The summed E-state index contributed by atoms with van der Waals surface area (Å²) >= 11 is 3.49. The highest BCUT2D eigenvalue weighted by atomic mass is 32.1. The standard InChI is InChI=1S/C8H4F6S/c9-7(10,11)4-1-5(8(12,13)14)3-6(15)2-4/h1-3,15H. The lowest BCUT2D eigenvalue weighted by atomic mass is 10.1. The molecule has 0 fully saturated rings. The summed E-state index contributed by atoms with van der Waals surface area (Å²) in [6.45, 7) is 0. The zero-order valence-corrected chi connectivity index (χ0v) is 7.84. The van der Waals surface area contributed by atoms with Gasteiger partial charge in [0, 0.05) is 4.90 Å². The summed E-state index contributed by atoms with van der Waals surface area (Å²) < 4.78 is 72.8. The van der Waals surface area contributed by atoms with Crippen molar-refractivity contribution in [2.45, 2.75) is 17.2 Å². The average Bonchev–Trinajstić information content (AvgIpc) is 1.99. The molecule has 0 nitrogen and oxygen atoms in total. The molecule has 0 saturated heterocycles. The van der Waals surface area contributed by atoms with E-state index in [-0.39, 0.29) is 11.0 Å². The van der Waals surface area contributed by atoms with Gasteiger partial charge in [0.1, 0.15) is 0 Å². The minimum absolute atomic E-state index is 0.0553. The number of hydrogen-bond acceptors (Lipinski definition) is 1. The van der Waals surface area contributed by atoms with Crippen LogP contribution < -0.4 is 0 Å². The van der Waals surface area contributed by atoms with Crippen molar-refractivity contribution in [1.29, 1.82) is 0 Å². The second-order valence-corrected chi connectivity index (χ2v) is 3.28. The van der Waals surface area contributed by atoms with Crippen LogP contribution in [0.4, 0.5) is 26.3 Å². The minimum Gasteiger partial charge on any atom is -0.166 e. The quantitative estimate of drug-likeness (QED) is 0.519. The molecule has 0 bridgehead atoms. The first-order valence-corrected chi connectivity index (χ1v) is 4.04. The van der Waals surface area contributed by atoms with Gasteiger partial charge in [0.15, 0.2) is 0 Å². The molecule has 0 aliphatic rings. The van der Waals surface area contributed by atoms with Gasteiger partial charge in [-0.1, -0.05) is 0 Å². The van der Waals surface area contributed by atoms with Gasteiger partial charge < -0.3 is 0 Å². The lowest BCUT2D eigenvalue weighted by Gasteiger charge is -2.12. The van der Waals surface area contributed by atoms with Crippen molar-refractivity contribution in [2.75, 3.05) is 0 Å². The number of thiol groups is 1. The van der Waals surface area contributed by atoms with Gasteiger partial charge >= 0.3 is 12.4 Å². The molecule has 0 aromatic heterocycles. The zero-order valence-electron chi connectivity index (χ0n) is 6.95. The Kier molecular flexibility index (Phi) is 2.95. The Morgan fingerprint density at radius 3 is 1.33 bits per heavy atom. The van der Waals surface area contributed by atoms with Gasteiger partial charge in [0.05, 0.1) is 11.1 Å². The molecule has 0 atom stereocenters. The summed E-state index contributed by atoms with van der Waals surface area (Å²) in [5.41, 5.74) is -2.72. The van der Waals surface area contributed by atoms with Crippen LogP contribution in [0.5, 0.6) is 0 Å². The Morgan fingerprint density at radius 1 is 0.733 bits per heavy atom. The molecule has 1 rings (SSSR count). The lowest BCUT2D eigenvalue weighted by Crippen LogP contribution is -2.10. The third-order valence-electron chi connectivity index (χ3n) is 1.57. The van der Waals surface area contributed by atoms with Crippen LogP contribution in [0.3, 0.4) is 0 Å². The first kappa shape index (κ1) is 12.2. The van der Waals surface area contributed by atoms with E-state index in [4.69, 9.17) is 0 Å². The van der Waals surface area contributed by atoms with Crippen molar-refractivity contribution < 1.29 is 26.3 Å². The van der Waals surface area contributed by atoms with Gasteiger partial charge in [0.25, 0.3) is 0 Å². The molecule has 1 aromatic carbocycles. The number of benzene rings is 1. The maximum absolute atomic E-state index is 12.1. The van der Waals surface area contributed by atoms with Crippen molar-refractivity contribution in [1.82, 2.24) is 0 Å². The van der Waals surface area contributed by atoms with E-state index in [0.29, 0.717) is 12.1 Å². The molecule has 7 heteroatoms. The summed E-state index contributed by atoms with van der Waals surface area (Å²) in [6, 6.07) is 1.14. The van der Waals surface area contributed by atoms with E-state index < -0.39 is 23.5 Å². The smallest absolute Gasteiger partial charge is 0.166 e. The third kappa shape index (κ3) is 3.05. The highest BCUT2D eigenvalue weighted by molar-refractivity contribution is 7.80. The Morgan fingerprint density at radius 2 is 1.07 bits per heavy atom. The van der Waals surface area contributed by atoms with Crippen LogP contribution in [-0.2, 0) is 12.4 Å². The van der Waals surface area contributed by atoms with Crippen molar-refractivity contribution in [2.24, 2.45) is 0 Å². The molecule has 0 saturated carbocycles. The molecule has 0 unspecified atom stereocenters. The topological polar surface area (TPSA) is 0 Å². The first-order valence-electron chi connectivity index (χ1n) is 3.59. The Balaban J connectivity index is 3.30. The highest BCUT2D eigenvalue weighted by Crippen LogP contribution is 2.36. The Bertz CT molecular complexity index is 332. The summed E-state index contributed by atoms with van der Waals surface area (Å²) in [5.74, 6) is 0. The highest BCUT2D eigenvalue weighted by Gasteiger charge is 2.36. The zero-order chi connectivity index (χ0) is 11.9. The molecule has 84 valence electrons. The number of alkyl halides is 6. The van der Waals surface area contributed by atoms with Crippen molar-refractivity contribution >= 4 is 12.6 Å². The molecule has 15 heavy (non-hydrogen) atoms. The molecular formula is C8H4F6S. The molecule has 0 radical (unpaired) electrons. The predicted molar refractivity (Wildman–Crippen MR) is 43.7 cm³/mol. The van der Waals surface area contributed by atoms with Crippen LogP contribution in [0, 0.1) is 0 Å². The SMILES string of the molecule is FC(F)(F)c1cc(S)cc(C(F)(F)F)c1. The molecule has 0 heterocycles. The number of hydrogen-bond donors (Lipinski definition) is 1. The number of halogens is 6. The van der Waals surface area contributed by atoms with Crippen LogP contribution >= 0.6 is 12.6 Å². The van der Waals surface area contributed by atoms with Crippen molar-refractivity contribution in [3.63, 3.8) is 0 Å². The summed E-state index contributed by atoms with van der Waals surface area (Å²) in [7, 11) is 0. The van der Waals surface area contributed by atoms with Crippen molar-refractivity contribution in [3.8, 4) is 0 Å². The van der Waals surface area contributed by atoms with Crippen molar-refractivity contribution in [3.05, 3.63) is 29.3 Å². The van der Waals surface area contributed by atoms with Gasteiger partial charge in [0.2, 0.25) is 0 Å². The summed E-state index contributed by atoms with van der Waals surface area (Å²) in [6.07, 6.45) is -9.61. The maximum Gasteiger partial charge on any atom is 0.416 e. The fourth-order valence-electron chi connectivity index (χ4n) is 0.939. The predicted octanol–water partition coefficient (Wildman–Crippen LogP) is 4.01. The second-order valence-electron chi connectivity index (χ2n) is 2.76. The lowest BCUT2D eigenvalue weighted by molar-refractivity contribution is -0.143. The van der Waals surface area contributed by atoms with E-state index in [0.717, 1.165) is 0 Å². The third-order valence-corrected chi connectivity index (χ3v) is 1.83. The van der Waals surface area contributed by atoms with Crippen LogP contribution in [0.1, 0.15) is 11.1 Å². The summed E-state index contributed by atoms with van der Waals surface area (Å²) in [5, 5.41) is 0. The van der Waals surface area contributed by atoms with E-state index in [9.17, 15) is 26.3 Å². The van der Waals surface area contributed by atoms with Gasteiger partial charge in [-0.15, -0.1) is 12.6 Å². The Labute approximate surface area is 86.3 Å². The minimum atomic E-state index is -4.81.